The van der Waals surface area contributed by atoms with Crippen LogP contribution in [0.3, 0.4) is 0 Å². The van der Waals surface area contributed by atoms with Crippen LogP contribution in [0.15, 0.2) is 46.0 Å². The summed E-state index contributed by atoms with van der Waals surface area (Å²) >= 11 is 0. The molecule has 0 saturated carbocycles. The Hall–Kier alpha value is -4.01. The molecule has 1 aromatic carbocycles. The highest BCUT2D eigenvalue weighted by Crippen LogP contribution is 2.23. The molecule has 4 aromatic rings. The maximum atomic E-state index is 13.2. The van der Waals surface area contributed by atoms with Crippen LogP contribution in [0.1, 0.15) is 32.9 Å². The third-order valence-corrected chi connectivity index (χ3v) is 5.65. The summed E-state index contributed by atoms with van der Waals surface area (Å²) in [5.74, 6) is -0.788. The van der Waals surface area contributed by atoms with Crippen LogP contribution >= 0.6 is 0 Å². The van der Waals surface area contributed by atoms with E-state index < -0.39 is 11.5 Å². The van der Waals surface area contributed by atoms with Crippen molar-refractivity contribution < 1.29 is 9.18 Å². The molecule has 1 aliphatic rings. The zero-order valence-corrected chi connectivity index (χ0v) is 16.8. The first-order valence-corrected chi connectivity index (χ1v) is 9.71. The number of aryl methyl sites for hydroxylation is 2. The number of hydrogen-bond acceptors (Lipinski definition) is 4. The number of amides is 1. The summed E-state index contributed by atoms with van der Waals surface area (Å²) in [5.41, 5.74) is 3.45. The van der Waals surface area contributed by atoms with Crippen molar-refractivity contribution >= 4 is 11.6 Å². The predicted octanol–water partition coefficient (Wildman–Crippen LogP) is 2.29. The Morgan fingerprint density at radius 3 is 2.58 bits per heavy atom. The largest absolute Gasteiger partial charge is 0.328 e. The van der Waals surface area contributed by atoms with E-state index in [0.717, 1.165) is 11.1 Å². The van der Waals surface area contributed by atoms with Gasteiger partial charge in [-0.2, -0.15) is 0 Å². The third-order valence-electron chi connectivity index (χ3n) is 5.65. The molecule has 0 spiro atoms. The fourth-order valence-corrected chi connectivity index (χ4v) is 3.80. The molecule has 156 valence electrons. The minimum Gasteiger partial charge on any atom is -0.328 e. The van der Waals surface area contributed by atoms with E-state index in [1.165, 1.54) is 21.5 Å². The molecule has 5 rings (SSSR count). The van der Waals surface area contributed by atoms with Gasteiger partial charge in [-0.25, -0.2) is 13.9 Å². The van der Waals surface area contributed by atoms with E-state index in [-0.39, 0.29) is 30.0 Å². The Balaban J connectivity index is 1.50. The Morgan fingerprint density at radius 1 is 1.10 bits per heavy atom. The van der Waals surface area contributed by atoms with Crippen LogP contribution in [0, 0.1) is 19.7 Å². The fourth-order valence-electron chi connectivity index (χ4n) is 3.80. The van der Waals surface area contributed by atoms with E-state index in [1.54, 1.807) is 31.2 Å². The lowest BCUT2D eigenvalue weighted by atomic mass is 10.1. The average molecular weight is 419 g/mol. The molecular weight excluding hydrogens is 401 g/mol. The van der Waals surface area contributed by atoms with Gasteiger partial charge >= 0.3 is 0 Å². The number of H-pyrrole nitrogens is 2. The lowest BCUT2D eigenvalue weighted by molar-refractivity contribution is 0.0748. The van der Waals surface area contributed by atoms with Gasteiger partial charge in [0, 0.05) is 11.8 Å². The van der Waals surface area contributed by atoms with E-state index in [9.17, 15) is 18.8 Å². The van der Waals surface area contributed by atoms with Crippen molar-refractivity contribution in [3.05, 3.63) is 91.0 Å². The second-order valence-electron chi connectivity index (χ2n) is 7.69. The van der Waals surface area contributed by atoms with Crippen LogP contribution in [0.5, 0.6) is 0 Å². The van der Waals surface area contributed by atoms with Gasteiger partial charge in [-0.05, 0) is 55.3 Å². The van der Waals surface area contributed by atoms with Crippen LogP contribution in [0.4, 0.5) is 4.39 Å². The highest BCUT2D eigenvalue weighted by atomic mass is 19.1. The monoisotopic (exact) mass is 419 g/mol. The third kappa shape index (κ3) is 3.05. The van der Waals surface area contributed by atoms with Crippen molar-refractivity contribution in [3.8, 4) is 11.3 Å². The molecule has 3 aromatic heterocycles. The highest BCUT2D eigenvalue weighted by Gasteiger charge is 2.30. The standard InChI is InChI=1S/C22H18FN5O3/c1-11-7-15(20(29)24-12(11)2)21(30)27-9-16-18(10-27)25-19-8-17(26-28(19)22(16)31)13-3-5-14(23)6-4-13/h3-8,26H,9-10H2,1-2H3,(H,24,29). The summed E-state index contributed by atoms with van der Waals surface area (Å²) in [4.78, 5) is 46.9. The molecule has 0 bridgehead atoms. The molecule has 0 radical (unpaired) electrons. The smallest absolute Gasteiger partial charge is 0.278 e. The molecule has 31 heavy (non-hydrogen) atoms. The Kier molecular flexibility index (Phi) is 4.14. The zero-order valence-electron chi connectivity index (χ0n) is 16.8. The molecule has 2 N–H and O–H groups in total. The van der Waals surface area contributed by atoms with E-state index in [1.807, 2.05) is 6.92 Å². The molecule has 0 fully saturated rings. The molecule has 1 aliphatic heterocycles. The quantitative estimate of drug-likeness (QED) is 0.520. The summed E-state index contributed by atoms with van der Waals surface area (Å²) in [6.45, 7) is 3.79. The number of carbonyl (C=O) groups excluding carboxylic acids is 1. The van der Waals surface area contributed by atoms with Gasteiger partial charge in [-0.15, -0.1) is 0 Å². The van der Waals surface area contributed by atoms with Crippen molar-refractivity contribution in [1.82, 2.24) is 24.5 Å². The molecule has 1 amide bonds. The first-order valence-electron chi connectivity index (χ1n) is 9.71. The molecule has 9 heteroatoms. The summed E-state index contributed by atoms with van der Waals surface area (Å²) < 4.78 is 14.5. The van der Waals surface area contributed by atoms with Crippen LogP contribution in [-0.2, 0) is 13.1 Å². The number of pyridine rings is 1. The van der Waals surface area contributed by atoms with Crippen molar-refractivity contribution in [1.29, 1.82) is 0 Å². The van der Waals surface area contributed by atoms with Crippen LogP contribution < -0.4 is 11.1 Å². The van der Waals surface area contributed by atoms with Gasteiger partial charge in [0.1, 0.15) is 11.4 Å². The molecule has 0 atom stereocenters. The summed E-state index contributed by atoms with van der Waals surface area (Å²) in [5, 5.41) is 2.99. The molecule has 0 saturated heterocycles. The minimum absolute atomic E-state index is 0.0418. The van der Waals surface area contributed by atoms with Gasteiger partial charge < -0.3 is 9.88 Å². The van der Waals surface area contributed by atoms with Crippen molar-refractivity contribution in [2.45, 2.75) is 26.9 Å². The summed E-state index contributed by atoms with van der Waals surface area (Å²) in [6, 6.07) is 9.18. The number of halogens is 1. The van der Waals surface area contributed by atoms with E-state index >= 15 is 0 Å². The first kappa shape index (κ1) is 19.0. The molecule has 8 nitrogen and oxygen atoms in total. The molecule has 0 aliphatic carbocycles. The summed E-state index contributed by atoms with van der Waals surface area (Å²) in [6.07, 6.45) is 0. The number of fused-ring (bicyclic) bond motifs is 2. The van der Waals surface area contributed by atoms with Crippen LogP contribution in [-0.4, -0.2) is 30.4 Å². The lowest BCUT2D eigenvalue weighted by Crippen LogP contribution is -2.31. The number of benzene rings is 1. The summed E-state index contributed by atoms with van der Waals surface area (Å²) in [7, 11) is 0. The zero-order chi connectivity index (χ0) is 21.9. The number of nitrogens with zero attached hydrogens (tertiary/aromatic N) is 3. The van der Waals surface area contributed by atoms with E-state index in [0.29, 0.717) is 28.3 Å². The van der Waals surface area contributed by atoms with E-state index in [4.69, 9.17) is 0 Å². The maximum absolute atomic E-state index is 13.2. The van der Waals surface area contributed by atoms with E-state index in [2.05, 4.69) is 15.1 Å². The Morgan fingerprint density at radius 2 is 1.84 bits per heavy atom. The Labute approximate surface area is 175 Å². The SMILES string of the molecule is Cc1cc(C(=O)N2Cc3nc4cc(-c5ccc(F)cc5)[nH]n4c(=O)c3C2)c(=O)[nH]c1C. The number of aromatic amines is 2. The Bertz CT molecular complexity index is 1480. The second kappa shape index (κ2) is 6.76. The van der Waals surface area contributed by atoms with Crippen LogP contribution in [0.25, 0.3) is 16.9 Å². The lowest BCUT2D eigenvalue weighted by Gasteiger charge is -2.15. The molecular formula is C22H18FN5O3. The van der Waals surface area contributed by atoms with Gasteiger partial charge in [0.2, 0.25) is 0 Å². The first-order chi connectivity index (χ1) is 14.8. The number of rotatable bonds is 2. The topological polar surface area (TPSA) is 103 Å². The van der Waals surface area contributed by atoms with Crippen molar-refractivity contribution in [2.75, 3.05) is 0 Å². The van der Waals surface area contributed by atoms with Gasteiger partial charge in [0.25, 0.3) is 17.0 Å². The minimum atomic E-state index is -0.454. The number of hydrogen-bond donors (Lipinski definition) is 2. The van der Waals surface area contributed by atoms with Crippen molar-refractivity contribution in [2.24, 2.45) is 0 Å². The molecule has 4 heterocycles. The van der Waals surface area contributed by atoms with Crippen molar-refractivity contribution in [3.63, 3.8) is 0 Å². The number of nitrogens with one attached hydrogen (secondary N) is 2. The second-order valence-corrected chi connectivity index (χ2v) is 7.69. The number of aromatic nitrogens is 4. The fraction of sp³-hybridized carbons (Fsp3) is 0.182. The van der Waals surface area contributed by atoms with Gasteiger partial charge in [0.05, 0.1) is 30.0 Å². The van der Waals surface area contributed by atoms with Crippen LogP contribution in [0.2, 0.25) is 0 Å². The van der Waals surface area contributed by atoms with Gasteiger partial charge in [-0.3, -0.25) is 19.5 Å². The maximum Gasteiger partial charge on any atom is 0.278 e. The average Bonchev–Trinajstić information content (AvgIpc) is 3.36. The van der Waals surface area contributed by atoms with Gasteiger partial charge in [0.15, 0.2) is 5.65 Å². The predicted molar refractivity (Wildman–Crippen MR) is 111 cm³/mol. The highest BCUT2D eigenvalue weighted by molar-refractivity contribution is 5.94. The normalized spacial score (nSPS) is 13.1. The van der Waals surface area contributed by atoms with Gasteiger partial charge in [-0.1, -0.05) is 0 Å². The number of carbonyl (C=O) groups is 1. The molecule has 0 unspecified atom stereocenters.